The maximum absolute atomic E-state index is 12.9. The zero-order chi connectivity index (χ0) is 16.4. The first-order chi connectivity index (χ1) is 11.1. The molecular formula is C19H23NO2S. The van der Waals surface area contributed by atoms with Crippen LogP contribution in [0.5, 0.6) is 5.75 Å². The molecule has 3 rings (SSSR count). The molecule has 23 heavy (non-hydrogen) atoms. The van der Waals surface area contributed by atoms with Crippen molar-refractivity contribution in [3.8, 4) is 5.75 Å². The highest BCUT2D eigenvalue weighted by Gasteiger charge is 2.31. The molecule has 1 atom stereocenters. The Morgan fingerprint density at radius 3 is 2.70 bits per heavy atom. The average Bonchev–Trinajstić information content (AvgIpc) is 3.20. The minimum atomic E-state index is 0.177. The van der Waals surface area contributed by atoms with Crippen LogP contribution in [0.1, 0.15) is 51.5 Å². The van der Waals surface area contributed by atoms with E-state index in [4.69, 9.17) is 4.74 Å². The van der Waals surface area contributed by atoms with Crippen molar-refractivity contribution in [1.29, 1.82) is 0 Å². The third-order valence-corrected chi connectivity index (χ3v) is 5.94. The fraction of sp³-hybridized carbons (Fsp3) is 0.421. The van der Waals surface area contributed by atoms with Gasteiger partial charge < -0.3 is 9.64 Å². The second kappa shape index (κ2) is 6.75. The van der Waals surface area contributed by atoms with Crippen molar-refractivity contribution in [2.45, 2.75) is 39.2 Å². The van der Waals surface area contributed by atoms with Crippen molar-refractivity contribution in [2.75, 3.05) is 13.7 Å². The highest BCUT2D eigenvalue weighted by Crippen LogP contribution is 2.35. The lowest BCUT2D eigenvalue weighted by molar-refractivity contribution is 0.0740. The molecule has 0 aliphatic carbocycles. The lowest BCUT2D eigenvalue weighted by atomic mass is 10.0. The molecule has 0 saturated carbocycles. The Bertz CT molecular complexity index is 690. The molecule has 2 aromatic rings. The Kier molecular flexibility index (Phi) is 4.71. The van der Waals surface area contributed by atoms with E-state index in [1.165, 1.54) is 16.0 Å². The third-order valence-electron chi connectivity index (χ3n) is 4.57. The lowest BCUT2D eigenvalue weighted by Crippen LogP contribution is -2.29. The number of thiophene rings is 1. The molecule has 2 heterocycles. The molecule has 1 aromatic heterocycles. The summed E-state index contributed by atoms with van der Waals surface area (Å²) in [7, 11) is 1.67. The molecule has 1 aliphatic rings. The van der Waals surface area contributed by atoms with Gasteiger partial charge in [-0.3, -0.25) is 4.79 Å². The van der Waals surface area contributed by atoms with Crippen LogP contribution in [0.25, 0.3) is 0 Å². The van der Waals surface area contributed by atoms with Crippen LogP contribution in [-0.4, -0.2) is 24.5 Å². The fourth-order valence-electron chi connectivity index (χ4n) is 3.30. The van der Waals surface area contributed by atoms with E-state index in [1.54, 1.807) is 18.4 Å². The van der Waals surface area contributed by atoms with E-state index >= 15 is 0 Å². The van der Waals surface area contributed by atoms with Crippen LogP contribution >= 0.6 is 11.3 Å². The Balaban J connectivity index is 1.83. The number of carbonyl (C=O) groups is 1. The Labute approximate surface area is 141 Å². The number of hydrogen-bond acceptors (Lipinski definition) is 3. The van der Waals surface area contributed by atoms with Gasteiger partial charge in [0, 0.05) is 11.4 Å². The van der Waals surface area contributed by atoms with Crippen molar-refractivity contribution in [1.82, 2.24) is 4.90 Å². The topological polar surface area (TPSA) is 29.5 Å². The molecule has 0 radical (unpaired) electrons. The van der Waals surface area contributed by atoms with Crippen molar-refractivity contribution in [3.63, 3.8) is 0 Å². The summed E-state index contributed by atoms with van der Waals surface area (Å²) in [4.78, 5) is 17.2. The van der Waals surface area contributed by atoms with Crippen molar-refractivity contribution in [3.05, 3.63) is 51.2 Å². The molecule has 3 nitrogen and oxygen atoms in total. The van der Waals surface area contributed by atoms with Gasteiger partial charge in [-0.1, -0.05) is 19.1 Å². The quantitative estimate of drug-likeness (QED) is 0.820. The van der Waals surface area contributed by atoms with Gasteiger partial charge in [-0.15, -0.1) is 11.3 Å². The maximum Gasteiger partial charge on any atom is 0.264 e. The van der Waals surface area contributed by atoms with Crippen LogP contribution in [0.4, 0.5) is 0 Å². The predicted octanol–water partition coefficient (Wildman–Crippen LogP) is 4.60. The Hall–Kier alpha value is -1.81. The monoisotopic (exact) mass is 329 g/mol. The zero-order valence-electron chi connectivity index (χ0n) is 14.0. The van der Waals surface area contributed by atoms with Gasteiger partial charge in [0.15, 0.2) is 0 Å². The second-order valence-electron chi connectivity index (χ2n) is 6.00. The minimum Gasteiger partial charge on any atom is -0.497 e. The summed E-state index contributed by atoms with van der Waals surface area (Å²) >= 11 is 1.65. The van der Waals surface area contributed by atoms with Crippen LogP contribution in [0.3, 0.4) is 0 Å². The van der Waals surface area contributed by atoms with Gasteiger partial charge in [0.1, 0.15) is 5.75 Å². The van der Waals surface area contributed by atoms with Gasteiger partial charge >= 0.3 is 0 Å². The Morgan fingerprint density at radius 2 is 2.09 bits per heavy atom. The molecule has 1 aliphatic heterocycles. The summed E-state index contributed by atoms with van der Waals surface area (Å²) in [6, 6.07) is 10.3. The highest BCUT2D eigenvalue weighted by molar-refractivity contribution is 7.14. The zero-order valence-corrected chi connectivity index (χ0v) is 14.8. The molecule has 0 N–H and O–H groups in total. The first-order valence-corrected chi connectivity index (χ1v) is 9.00. The third kappa shape index (κ3) is 3.13. The maximum atomic E-state index is 12.9. The molecule has 1 saturated heterocycles. The molecule has 122 valence electrons. The number of amides is 1. The number of carbonyl (C=O) groups excluding carboxylic acids is 1. The van der Waals surface area contributed by atoms with E-state index in [0.717, 1.165) is 36.4 Å². The molecule has 0 spiro atoms. The summed E-state index contributed by atoms with van der Waals surface area (Å²) < 4.78 is 5.22. The summed E-state index contributed by atoms with van der Waals surface area (Å²) in [5, 5.41) is 0. The van der Waals surface area contributed by atoms with E-state index in [2.05, 4.69) is 32.0 Å². The normalized spacial score (nSPS) is 17.5. The van der Waals surface area contributed by atoms with Crippen LogP contribution in [-0.2, 0) is 6.42 Å². The van der Waals surface area contributed by atoms with Gasteiger partial charge in [-0.25, -0.2) is 0 Å². The molecule has 4 heteroatoms. The highest BCUT2D eigenvalue weighted by atomic mass is 32.1. The lowest BCUT2D eigenvalue weighted by Gasteiger charge is -2.24. The van der Waals surface area contributed by atoms with Gasteiger partial charge in [0.2, 0.25) is 0 Å². The standard InChI is InChI=1S/C19H23NO2S/c1-4-17-13(2)12-18(23-17)19(21)20-11-5-6-16(20)14-7-9-15(22-3)10-8-14/h7-10,12,16H,4-6,11H2,1-3H3. The van der Waals surface area contributed by atoms with Crippen LogP contribution in [0.2, 0.25) is 0 Å². The molecule has 0 bridgehead atoms. The molecule has 1 unspecified atom stereocenters. The Morgan fingerprint density at radius 1 is 1.35 bits per heavy atom. The number of methoxy groups -OCH3 is 1. The summed E-state index contributed by atoms with van der Waals surface area (Å²) in [5.41, 5.74) is 2.43. The average molecular weight is 329 g/mol. The van der Waals surface area contributed by atoms with Gasteiger partial charge in [0.25, 0.3) is 5.91 Å². The van der Waals surface area contributed by atoms with E-state index in [0.29, 0.717) is 0 Å². The van der Waals surface area contributed by atoms with E-state index in [9.17, 15) is 4.79 Å². The largest absolute Gasteiger partial charge is 0.497 e. The van der Waals surface area contributed by atoms with Crippen LogP contribution in [0.15, 0.2) is 30.3 Å². The van der Waals surface area contributed by atoms with Crippen LogP contribution in [0, 0.1) is 6.92 Å². The minimum absolute atomic E-state index is 0.177. The first kappa shape index (κ1) is 16.1. The first-order valence-electron chi connectivity index (χ1n) is 8.18. The number of likely N-dealkylation sites (tertiary alicyclic amines) is 1. The van der Waals surface area contributed by atoms with Crippen molar-refractivity contribution >= 4 is 17.2 Å². The smallest absolute Gasteiger partial charge is 0.264 e. The van der Waals surface area contributed by atoms with Crippen molar-refractivity contribution < 1.29 is 9.53 Å². The van der Waals surface area contributed by atoms with Gasteiger partial charge in [-0.2, -0.15) is 0 Å². The number of aryl methyl sites for hydroxylation is 2. The number of hydrogen-bond donors (Lipinski definition) is 0. The summed E-state index contributed by atoms with van der Waals surface area (Å²) in [6.45, 7) is 5.08. The fourth-order valence-corrected chi connectivity index (χ4v) is 4.37. The van der Waals surface area contributed by atoms with E-state index in [-0.39, 0.29) is 11.9 Å². The van der Waals surface area contributed by atoms with Gasteiger partial charge in [-0.05, 0) is 55.5 Å². The molecule has 1 amide bonds. The van der Waals surface area contributed by atoms with Crippen molar-refractivity contribution in [2.24, 2.45) is 0 Å². The SMILES string of the molecule is CCc1sc(C(=O)N2CCCC2c2ccc(OC)cc2)cc1C. The van der Waals surface area contributed by atoms with E-state index in [1.807, 2.05) is 17.0 Å². The number of benzene rings is 1. The number of rotatable bonds is 4. The van der Waals surface area contributed by atoms with Crippen LogP contribution < -0.4 is 4.74 Å². The van der Waals surface area contributed by atoms with Gasteiger partial charge in [0.05, 0.1) is 18.0 Å². The molecule has 1 aromatic carbocycles. The molecule has 1 fully saturated rings. The predicted molar refractivity (Wildman–Crippen MR) is 94.4 cm³/mol. The second-order valence-corrected chi connectivity index (χ2v) is 7.14. The summed E-state index contributed by atoms with van der Waals surface area (Å²) in [6.07, 6.45) is 3.09. The molecular weight excluding hydrogens is 306 g/mol. The summed E-state index contributed by atoms with van der Waals surface area (Å²) in [5.74, 6) is 1.03. The number of ether oxygens (including phenoxy) is 1. The van der Waals surface area contributed by atoms with E-state index < -0.39 is 0 Å². The number of nitrogens with zero attached hydrogens (tertiary/aromatic N) is 1.